The number of nitrogens with zero attached hydrogens (tertiary/aromatic N) is 1. The van der Waals surface area contributed by atoms with Gasteiger partial charge in [0.25, 0.3) is 0 Å². The minimum atomic E-state index is 0.0568. The Kier molecular flexibility index (Phi) is 4.11. The lowest BCUT2D eigenvalue weighted by Gasteiger charge is -2.24. The van der Waals surface area contributed by atoms with Crippen LogP contribution >= 0.6 is 0 Å². The number of likely N-dealkylation sites (tertiary alicyclic amines) is 1. The van der Waals surface area contributed by atoms with Gasteiger partial charge in [-0.1, -0.05) is 0 Å². The Balaban J connectivity index is 1.66. The molecule has 0 aromatic rings. The van der Waals surface area contributed by atoms with Crippen molar-refractivity contribution >= 4 is 5.78 Å². The summed E-state index contributed by atoms with van der Waals surface area (Å²) in [6.45, 7) is 6.03. The zero-order valence-electron chi connectivity index (χ0n) is 9.30. The molecule has 0 spiro atoms. The van der Waals surface area contributed by atoms with Gasteiger partial charge in [0.2, 0.25) is 0 Å². The van der Waals surface area contributed by atoms with Gasteiger partial charge in [0.05, 0.1) is 6.04 Å². The summed E-state index contributed by atoms with van der Waals surface area (Å²) >= 11 is 0. The monoisotopic (exact) mass is 211 g/mol. The van der Waals surface area contributed by atoms with Crippen LogP contribution in [0.5, 0.6) is 0 Å². The fourth-order valence-corrected chi connectivity index (χ4v) is 2.33. The van der Waals surface area contributed by atoms with Gasteiger partial charge in [0, 0.05) is 32.6 Å². The van der Waals surface area contributed by atoms with Crippen LogP contribution in [-0.4, -0.2) is 56.0 Å². The SMILES string of the molecule is O=C(CCN1CCCC1)C1CNCCN1. The van der Waals surface area contributed by atoms with E-state index in [1.54, 1.807) is 0 Å². The molecule has 4 heteroatoms. The maximum absolute atomic E-state index is 11.8. The summed E-state index contributed by atoms with van der Waals surface area (Å²) in [5.41, 5.74) is 0. The highest BCUT2D eigenvalue weighted by Gasteiger charge is 2.21. The topological polar surface area (TPSA) is 44.4 Å². The van der Waals surface area contributed by atoms with Crippen LogP contribution in [0.15, 0.2) is 0 Å². The third-order valence-electron chi connectivity index (χ3n) is 3.30. The number of nitrogens with one attached hydrogen (secondary N) is 2. The lowest BCUT2D eigenvalue weighted by molar-refractivity contribution is -0.121. The molecule has 0 aliphatic carbocycles. The number of hydrogen-bond acceptors (Lipinski definition) is 4. The fourth-order valence-electron chi connectivity index (χ4n) is 2.33. The number of carbonyl (C=O) groups is 1. The zero-order valence-corrected chi connectivity index (χ0v) is 9.30. The molecular formula is C11H21N3O. The fraction of sp³-hybridized carbons (Fsp3) is 0.909. The van der Waals surface area contributed by atoms with Crippen molar-refractivity contribution in [3.8, 4) is 0 Å². The molecule has 2 rings (SSSR count). The van der Waals surface area contributed by atoms with Crippen molar-refractivity contribution in [2.24, 2.45) is 0 Å². The molecule has 0 radical (unpaired) electrons. The second-order valence-corrected chi connectivity index (χ2v) is 4.48. The van der Waals surface area contributed by atoms with Gasteiger partial charge in [-0.3, -0.25) is 4.79 Å². The van der Waals surface area contributed by atoms with E-state index < -0.39 is 0 Å². The molecule has 0 bridgehead atoms. The first-order valence-electron chi connectivity index (χ1n) is 6.05. The lowest BCUT2D eigenvalue weighted by atomic mass is 10.1. The summed E-state index contributed by atoms with van der Waals surface area (Å²) in [7, 11) is 0. The first kappa shape index (κ1) is 11.0. The minimum Gasteiger partial charge on any atom is -0.313 e. The summed E-state index contributed by atoms with van der Waals surface area (Å²) < 4.78 is 0. The zero-order chi connectivity index (χ0) is 10.5. The van der Waals surface area contributed by atoms with Crippen molar-refractivity contribution in [1.29, 1.82) is 0 Å². The highest BCUT2D eigenvalue weighted by atomic mass is 16.1. The first-order valence-corrected chi connectivity index (χ1v) is 6.05. The number of rotatable bonds is 4. The molecule has 1 unspecified atom stereocenters. The van der Waals surface area contributed by atoms with Crippen molar-refractivity contribution in [3.05, 3.63) is 0 Å². The molecule has 2 aliphatic rings. The van der Waals surface area contributed by atoms with Crippen LogP contribution in [0.1, 0.15) is 19.3 Å². The maximum atomic E-state index is 11.8. The van der Waals surface area contributed by atoms with Crippen LogP contribution in [-0.2, 0) is 4.79 Å². The number of Topliss-reactive ketones (excluding diaryl/α,β-unsaturated/α-hetero) is 1. The molecular weight excluding hydrogens is 190 g/mol. The third-order valence-corrected chi connectivity index (χ3v) is 3.30. The Morgan fingerprint density at radius 1 is 1.27 bits per heavy atom. The van der Waals surface area contributed by atoms with E-state index in [1.807, 2.05) is 0 Å². The lowest BCUT2D eigenvalue weighted by Crippen LogP contribution is -2.52. The molecule has 0 saturated carbocycles. The molecule has 0 aromatic heterocycles. The predicted octanol–water partition coefficient (Wildman–Crippen LogP) is -0.397. The summed E-state index contributed by atoms with van der Waals surface area (Å²) in [6, 6.07) is 0.0568. The summed E-state index contributed by atoms with van der Waals surface area (Å²) in [5.74, 6) is 0.370. The van der Waals surface area contributed by atoms with Crippen molar-refractivity contribution in [3.63, 3.8) is 0 Å². The summed E-state index contributed by atoms with van der Waals surface area (Å²) in [4.78, 5) is 14.2. The first-order chi connectivity index (χ1) is 7.36. The Bertz CT molecular complexity index is 208. The normalized spacial score (nSPS) is 28.1. The quantitative estimate of drug-likeness (QED) is 0.664. The van der Waals surface area contributed by atoms with Crippen molar-refractivity contribution < 1.29 is 4.79 Å². The van der Waals surface area contributed by atoms with Gasteiger partial charge in [-0.05, 0) is 25.9 Å². The van der Waals surface area contributed by atoms with Crippen molar-refractivity contribution in [2.75, 3.05) is 39.3 Å². The van der Waals surface area contributed by atoms with Crippen LogP contribution in [0.2, 0.25) is 0 Å². The van der Waals surface area contributed by atoms with Gasteiger partial charge in [-0.2, -0.15) is 0 Å². The number of hydrogen-bond donors (Lipinski definition) is 2. The van der Waals surface area contributed by atoms with Crippen LogP contribution < -0.4 is 10.6 Å². The molecule has 2 N–H and O–H groups in total. The van der Waals surface area contributed by atoms with Crippen LogP contribution in [0.4, 0.5) is 0 Å². The van der Waals surface area contributed by atoms with Gasteiger partial charge in [0.15, 0.2) is 5.78 Å². The molecule has 86 valence electrons. The standard InChI is InChI=1S/C11H21N3O/c15-11(10-9-12-4-5-13-10)3-8-14-6-1-2-7-14/h10,12-13H,1-9H2. The number of ketones is 1. The smallest absolute Gasteiger partial charge is 0.152 e. The van der Waals surface area contributed by atoms with E-state index in [1.165, 1.54) is 25.9 Å². The second-order valence-electron chi connectivity index (χ2n) is 4.48. The average molecular weight is 211 g/mol. The average Bonchev–Trinajstić information content (AvgIpc) is 2.80. The van der Waals surface area contributed by atoms with Crippen LogP contribution in [0.3, 0.4) is 0 Å². The van der Waals surface area contributed by atoms with E-state index in [2.05, 4.69) is 15.5 Å². The molecule has 4 nitrogen and oxygen atoms in total. The largest absolute Gasteiger partial charge is 0.313 e. The summed E-state index contributed by atoms with van der Waals surface area (Å²) in [6.07, 6.45) is 3.31. The van der Waals surface area contributed by atoms with Crippen LogP contribution in [0.25, 0.3) is 0 Å². The number of carbonyl (C=O) groups excluding carboxylic acids is 1. The molecule has 15 heavy (non-hydrogen) atoms. The Morgan fingerprint density at radius 2 is 2.07 bits per heavy atom. The highest BCUT2D eigenvalue weighted by molar-refractivity contribution is 5.84. The molecule has 2 fully saturated rings. The third kappa shape index (κ3) is 3.26. The van der Waals surface area contributed by atoms with E-state index >= 15 is 0 Å². The molecule has 0 aromatic carbocycles. The molecule has 2 saturated heterocycles. The van der Waals surface area contributed by atoms with Crippen LogP contribution in [0, 0.1) is 0 Å². The van der Waals surface area contributed by atoms with Gasteiger partial charge >= 0.3 is 0 Å². The Labute approximate surface area is 91.4 Å². The second kappa shape index (κ2) is 5.58. The Morgan fingerprint density at radius 3 is 2.73 bits per heavy atom. The van der Waals surface area contributed by atoms with E-state index in [4.69, 9.17) is 0 Å². The van der Waals surface area contributed by atoms with Crippen molar-refractivity contribution in [1.82, 2.24) is 15.5 Å². The molecule has 0 amide bonds. The Hall–Kier alpha value is -0.450. The van der Waals surface area contributed by atoms with Gasteiger partial charge in [-0.25, -0.2) is 0 Å². The highest BCUT2D eigenvalue weighted by Crippen LogP contribution is 2.08. The van der Waals surface area contributed by atoms with Gasteiger partial charge in [-0.15, -0.1) is 0 Å². The maximum Gasteiger partial charge on any atom is 0.152 e. The van der Waals surface area contributed by atoms with E-state index in [-0.39, 0.29) is 6.04 Å². The molecule has 2 aliphatic heterocycles. The summed E-state index contributed by atoms with van der Waals surface area (Å²) in [5, 5.41) is 6.51. The molecule has 2 heterocycles. The van der Waals surface area contributed by atoms with E-state index in [0.29, 0.717) is 12.2 Å². The van der Waals surface area contributed by atoms with E-state index in [0.717, 1.165) is 26.2 Å². The predicted molar refractivity (Wildman–Crippen MR) is 60.0 cm³/mol. The van der Waals surface area contributed by atoms with Crippen molar-refractivity contribution in [2.45, 2.75) is 25.3 Å². The molecule has 1 atom stereocenters. The van der Waals surface area contributed by atoms with Gasteiger partial charge < -0.3 is 15.5 Å². The minimum absolute atomic E-state index is 0.0568. The van der Waals surface area contributed by atoms with E-state index in [9.17, 15) is 4.79 Å². The van der Waals surface area contributed by atoms with Gasteiger partial charge in [0.1, 0.15) is 0 Å². The number of piperazine rings is 1.